The maximum Gasteiger partial charge on any atom is 0.197 e. The molecule has 12 rings (SSSR count). The highest BCUT2D eigenvalue weighted by Crippen LogP contribution is 2.54. The van der Waals surface area contributed by atoms with Crippen molar-refractivity contribution in [3.05, 3.63) is 169 Å². The molecule has 1 radical (unpaired) electrons. The molecule has 0 bridgehead atoms. The fraction of sp³-hybridized carbons (Fsp3) is 0.0612. The molecule has 54 heavy (non-hydrogen) atoms. The number of anilines is 3. The van der Waals surface area contributed by atoms with Gasteiger partial charge in [-0.3, -0.25) is 0 Å². The predicted octanol–water partition coefficient (Wildman–Crippen LogP) is 11.4. The number of aromatic nitrogens is 2. The van der Waals surface area contributed by atoms with Crippen molar-refractivity contribution in [1.29, 1.82) is 0 Å². The van der Waals surface area contributed by atoms with Crippen LogP contribution in [-0.2, 0) is 5.41 Å². The largest absolute Gasteiger partial charge is 0.454 e. The van der Waals surface area contributed by atoms with Crippen molar-refractivity contribution in [2.75, 3.05) is 4.90 Å². The van der Waals surface area contributed by atoms with Gasteiger partial charge < -0.3 is 18.9 Å². The summed E-state index contributed by atoms with van der Waals surface area (Å²) in [4.78, 5) is 6.24. The van der Waals surface area contributed by atoms with Crippen LogP contribution in [0.15, 0.2) is 162 Å². The second-order valence-corrected chi connectivity index (χ2v) is 15.2. The molecule has 0 saturated carbocycles. The van der Waals surface area contributed by atoms with Crippen LogP contribution >= 0.6 is 0 Å². The Balaban J connectivity index is 1.22. The van der Waals surface area contributed by atoms with Crippen molar-refractivity contribution in [2.24, 2.45) is 0 Å². The van der Waals surface area contributed by atoms with Crippen LogP contribution in [-0.4, -0.2) is 16.8 Å². The molecule has 0 spiro atoms. The van der Waals surface area contributed by atoms with Crippen molar-refractivity contribution in [1.82, 2.24) is 9.55 Å². The van der Waals surface area contributed by atoms with Crippen molar-refractivity contribution in [2.45, 2.75) is 19.3 Å². The van der Waals surface area contributed by atoms with Gasteiger partial charge in [-0.1, -0.05) is 122 Å². The summed E-state index contributed by atoms with van der Waals surface area (Å²) in [5.41, 5.74) is 19.6. The summed E-state index contributed by atoms with van der Waals surface area (Å²) in [6, 6.07) is 57.0. The Kier molecular flexibility index (Phi) is 5.90. The molecule has 10 aromatic rings. The maximum atomic E-state index is 6.51. The first kappa shape index (κ1) is 29.8. The fourth-order valence-corrected chi connectivity index (χ4v) is 9.63. The quantitative estimate of drug-likeness (QED) is 0.187. The second-order valence-electron chi connectivity index (χ2n) is 15.2. The molecule has 1 aliphatic carbocycles. The summed E-state index contributed by atoms with van der Waals surface area (Å²) in [6.07, 6.45) is 0. The number of aromatic amines is 1. The smallest absolute Gasteiger partial charge is 0.197 e. The van der Waals surface area contributed by atoms with Gasteiger partial charge in [0.2, 0.25) is 0 Å². The van der Waals surface area contributed by atoms with Gasteiger partial charge in [-0.15, -0.1) is 0 Å². The number of nitrogens with one attached hydrogen (secondary N) is 1. The molecular formula is C49H33BN3O. The van der Waals surface area contributed by atoms with Gasteiger partial charge in [0.25, 0.3) is 0 Å². The zero-order valence-electron chi connectivity index (χ0n) is 29.9. The lowest BCUT2D eigenvalue weighted by atomic mass is 9.59. The third kappa shape index (κ3) is 3.88. The Morgan fingerprint density at radius 1 is 0.593 bits per heavy atom. The van der Waals surface area contributed by atoms with Gasteiger partial charge in [0, 0.05) is 61.0 Å². The monoisotopic (exact) mass is 690 g/mol. The molecule has 4 nitrogen and oxygen atoms in total. The summed E-state index contributed by atoms with van der Waals surface area (Å²) in [6.45, 7) is 4.77. The van der Waals surface area contributed by atoms with Crippen LogP contribution in [0.4, 0.5) is 17.1 Å². The molecule has 0 fully saturated rings. The van der Waals surface area contributed by atoms with E-state index in [2.05, 4.69) is 181 Å². The van der Waals surface area contributed by atoms with Crippen molar-refractivity contribution >= 4 is 79.1 Å². The van der Waals surface area contributed by atoms with E-state index in [-0.39, 0.29) is 5.41 Å². The molecule has 0 saturated heterocycles. The first-order valence-corrected chi connectivity index (χ1v) is 18.7. The first-order chi connectivity index (χ1) is 26.6. The summed E-state index contributed by atoms with van der Waals surface area (Å²) >= 11 is 0. The molecule has 3 aromatic heterocycles. The molecule has 253 valence electrons. The topological polar surface area (TPSA) is 37.1 Å². The van der Waals surface area contributed by atoms with Crippen LogP contribution in [0.1, 0.15) is 25.0 Å². The summed E-state index contributed by atoms with van der Waals surface area (Å²) in [5, 5.41) is 3.49. The van der Waals surface area contributed by atoms with Gasteiger partial charge in [-0.25, -0.2) is 0 Å². The van der Waals surface area contributed by atoms with E-state index in [1.807, 2.05) is 12.1 Å². The van der Waals surface area contributed by atoms with Crippen LogP contribution in [0.3, 0.4) is 0 Å². The first-order valence-electron chi connectivity index (χ1n) is 18.7. The van der Waals surface area contributed by atoms with Gasteiger partial charge in [0.15, 0.2) is 12.9 Å². The van der Waals surface area contributed by atoms with Gasteiger partial charge in [0.1, 0.15) is 5.58 Å². The lowest BCUT2D eigenvalue weighted by Crippen LogP contribution is -2.37. The minimum atomic E-state index is -0.147. The zero-order chi connectivity index (χ0) is 35.7. The van der Waals surface area contributed by atoms with Crippen LogP contribution < -0.4 is 15.8 Å². The lowest BCUT2D eigenvalue weighted by Gasteiger charge is -2.30. The highest BCUT2D eigenvalue weighted by Gasteiger charge is 2.42. The molecule has 1 aliphatic heterocycles. The standard InChI is InChI=1S/C49H33BN3O/c1-49(2)38-24-11-9-19-33(38)47-42(49)35-22-14-25-39-46(35)53(47)40-28-31(52(29-15-5-3-6-16-29)30-17-7-4-8-18-30)27-37(43(40)50-39)32-21-13-23-36-44(32)51-45-34-20-10-12-26-41(34)54-48(36)45/h3-28,51H,1-2H3. The zero-order valence-corrected chi connectivity index (χ0v) is 29.9. The number of nitrogens with zero attached hydrogens (tertiary/aromatic N) is 2. The highest BCUT2D eigenvalue weighted by molar-refractivity contribution is 6.73. The molecule has 5 heteroatoms. The van der Waals surface area contributed by atoms with Crippen LogP contribution in [0.25, 0.3) is 71.9 Å². The van der Waals surface area contributed by atoms with E-state index in [1.54, 1.807) is 0 Å². The number of furan rings is 1. The second kappa shape index (κ2) is 10.7. The Morgan fingerprint density at radius 3 is 2.07 bits per heavy atom. The molecule has 4 heterocycles. The van der Waals surface area contributed by atoms with Crippen molar-refractivity contribution < 1.29 is 4.42 Å². The number of H-pyrrole nitrogens is 1. The van der Waals surface area contributed by atoms with Crippen LogP contribution in [0.5, 0.6) is 0 Å². The maximum absolute atomic E-state index is 6.51. The fourth-order valence-electron chi connectivity index (χ4n) is 9.63. The van der Waals surface area contributed by atoms with Crippen molar-refractivity contribution in [3.8, 4) is 28.1 Å². The predicted molar refractivity (Wildman–Crippen MR) is 225 cm³/mol. The number of rotatable bonds is 4. The van der Waals surface area contributed by atoms with E-state index >= 15 is 0 Å². The Morgan fingerprint density at radius 2 is 1.26 bits per heavy atom. The summed E-state index contributed by atoms with van der Waals surface area (Å²) < 4.78 is 9.09. The average Bonchev–Trinajstić information content (AvgIpc) is 3.93. The normalized spacial score (nSPS) is 13.7. The SMILES string of the molecule is CC1(C)c2ccccc2-c2c1c1cccc3c1n2-c1cc(N(c2ccccc2)c2ccccc2)cc(-c2cccc4c2[nH]c2c5ccccc5oc42)c1[B]3. The lowest BCUT2D eigenvalue weighted by molar-refractivity contribution is 0.666. The minimum absolute atomic E-state index is 0.147. The number of benzene rings is 7. The number of fused-ring (bicyclic) bond motifs is 12. The number of hydrogen-bond acceptors (Lipinski definition) is 2. The summed E-state index contributed by atoms with van der Waals surface area (Å²) in [7, 11) is 2.42. The molecule has 0 atom stereocenters. The van der Waals surface area contributed by atoms with E-state index in [1.165, 1.54) is 49.9 Å². The van der Waals surface area contributed by atoms with E-state index in [0.29, 0.717) is 0 Å². The highest BCUT2D eigenvalue weighted by atomic mass is 16.3. The Hall–Kier alpha value is -6.72. The summed E-state index contributed by atoms with van der Waals surface area (Å²) in [5.74, 6) is 0. The van der Waals surface area contributed by atoms with Crippen molar-refractivity contribution in [3.63, 3.8) is 0 Å². The van der Waals surface area contributed by atoms with Gasteiger partial charge >= 0.3 is 0 Å². The molecule has 7 aromatic carbocycles. The minimum Gasteiger partial charge on any atom is -0.454 e. The van der Waals surface area contributed by atoms with E-state index < -0.39 is 0 Å². The third-order valence-corrected chi connectivity index (χ3v) is 11.9. The van der Waals surface area contributed by atoms with Gasteiger partial charge in [-0.05, 0) is 76.8 Å². The average molecular weight is 691 g/mol. The van der Waals surface area contributed by atoms with Gasteiger partial charge in [-0.2, -0.15) is 0 Å². The van der Waals surface area contributed by atoms with E-state index in [9.17, 15) is 0 Å². The number of hydrogen-bond donors (Lipinski definition) is 1. The Labute approximate surface area is 313 Å². The molecule has 1 N–H and O–H groups in total. The molecule has 0 amide bonds. The molecule has 0 unspecified atom stereocenters. The third-order valence-electron chi connectivity index (χ3n) is 11.9. The Bertz CT molecular complexity index is 3130. The van der Waals surface area contributed by atoms with E-state index in [4.69, 9.17) is 4.42 Å². The molecule has 2 aliphatic rings. The van der Waals surface area contributed by atoms with Crippen LogP contribution in [0, 0.1) is 0 Å². The van der Waals surface area contributed by atoms with Gasteiger partial charge in [0.05, 0.1) is 16.7 Å². The number of para-hydroxylation sites is 5. The molecular weight excluding hydrogens is 657 g/mol. The van der Waals surface area contributed by atoms with Crippen LogP contribution in [0.2, 0.25) is 0 Å². The van der Waals surface area contributed by atoms with E-state index in [0.717, 1.165) is 61.2 Å².